The van der Waals surface area contributed by atoms with Gasteiger partial charge in [0, 0.05) is 31.3 Å². The Morgan fingerprint density at radius 2 is 1.96 bits per heavy atom. The molecule has 2 N–H and O–H groups in total. The zero-order valence-corrected chi connectivity index (χ0v) is 16.3. The highest BCUT2D eigenvalue weighted by Gasteiger charge is 2.20. The van der Waals surface area contributed by atoms with Crippen LogP contribution in [0.1, 0.15) is 32.3 Å². The Bertz CT molecular complexity index is 555. The van der Waals surface area contributed by atoms with Crippen LogP contribution >= 0.6 is 24.0 Å². The molecule has 0 aliphatic carbocycles. The summed E-state index contributed by atoms with van der Waals surface area (Å²) in [6.07, 6.45) is 1.27. The number of rotatable bonds is 4. The lowest BCUT2D eigenvalue weighted by Gasteiger charge is -2.33. The Kier molecular flexibility index (Phi) is 8.40. The van der Waals surface area contributed by atoms with Gasteiger partial charge in [0.1, 0.15) is 0 Å². The van der Waals surface area contributed by atoms with Crippen LogP contribution in [-0.4, -0.2) is 46.1 Å². The van der Waals surface area contributed by atoms with Crippen LogP contribution in [0, 0.1) is 10.1 Å². The zero-order chi connectivity index (χ0) is 16.8. The van der Waals surface area contributed by atoms with Crippen LogP contribution in [0.2, 0.25) is 0 Å². The molecule has 24 heavy (non-hydrogen) atoms. The molecule has 0 aromatic heterocycles. The molecule has 0 bridgehead atoms. The first-order valence-corrected chi connectivity index (χ1v) is 7.93. The Morgan fingerprint density at radius 3 is 2.46 bits per heavy atom. The third kappa shape index (κ3) is 6.23. The van der Waals surface area contributed by atoms with Crippen molar-refractivity contribution < 1.29 is 10.0 Å². The molecular formula is C16H25IN4O3. The highest BCUT2D eigenvalue weighted by Crippen LogP contribution is 2.14. The lowest BCUT2D eigenvalue weighted by molar-refractivity contribution is -0.384. The number of nitrogens with one attached hydrogen (secondary N) is 1. The third-order valence-electron chi connectivity index (χ3n) is 3.74. The minimum absolute atomic E-state index is 0. The van der Waals surface area contributed by atoms with Crippen molar-refractivity contribution in [1.29, 1.82) is 0 Å². The second-order valence-corrected chi connectivity index (χ2v) is 6.08. The van der Waals surface area contributed by atoms with Gasteiger partial charge in [0.15, 0.2) is 5.96 Å². The van der Waals surface area contributed by atoms with Crippen LogP contribution in [0.5, 0.6) is 0 Å². The Morgan fingerprint density at radius 1 is 1.38 bits per heavy atom. The van der Waals surface area contributed by atoms with Crippen LogP contribution in [0.25, 0.3) is 0 Å². The molecule has 1 aromatic carbocycles. The van der Waals surface area contributed by atoms with Gasteiger partial charge >= 0.3 is 0 Å². The number of likely N-dealkylation sites (tertiary alicyclic amines) is 1. The number of piperidine rings is 1. The maximum absolute atomic E-state index is 10.7. The normalized spacial score (nSPS) is 16.0. The van der Waals surface area contributed by atoms with Crippen LogP contribution in [0.4, 0.5) is 5.69 Å². The molecule has 1 fully saturated rings. The smallest absolute Gasteiger partial charge is 0.269 e. The average Bonchev–Trinajstić information content (AvgIpc) is 2.52. The molecule has 1 heterocycles. The van der Waals surface area contributed by atoms with E-state index < -0.39 is 4.92 Å². The fraction of sp³-hybridized carbons (Fsp3) is 0.562. The monoisotopic (exact) mass is 448 g/mol. The predicted octanol–water partition coefficient (Wildman–Crippen LogP) is 2.52. The lowest BCUT2D eigenvalue weighted by Crippen LogP contribution is -2.48. The van der Waals surface area contributed by atoms with Crippen molar-refractivity contribution in [3.8, 4) is 0 Å². The van der Waals surface area contributed by atoms with Gasteiger partial charge in [-0.15, -0.1) is 24.0 Å². The van der Waals surface area contributed by atoms with Gasteiger partial charge in [0.2, 0.25) is 0 Å². The van der Waals surface area contributed by atoms with E-state index in [1.807, 2.05) is 0 Å². The molecular weight excluding hydrogens is 423 g/mol. The molecule has 1 aliphatic heterocycles. The topological polar surface area (TPSA) is 91.0 Å². The minimum atomic E-state index is -0.405. The molecule has 0 saturated carbocycles. The van der Waals surface area contributed by atoms with E-state index in [2.05, 4.69) is 29.1 Å². The number of non-ortho nitro benzene ring substituents is 1. The van der Waals surface area contributed by atoms with Crippen molar-refractivity contribution in [1.82, 2.24) is 10.2 Å². The van der Waals surface area contributed by atoms with E-state index in [4.69, 9.17) is 0 Å². The van der Waals surface area contributed by atoms with Crippen molar-refractivity contribution in [2.24, 2.45) is 4.99 Å². The Balaban J connectivity index is 0.00000288. The number of aliphatic imine (C=N–C) groups is 1. The van der Waals surface area contributed by atoms with E-state index in [0.29, 0.717) is 6.54 Å². The van der Waals surface area contributed by atoms with Crippen molar-refractivity contribution in [2.75, 3.05) is 13.1 Å². The summed E-state index contributed by atoms with van der Waals surface area (Å²) in [6.45, 7) is 6.13. The molecule has 0 amide bonds. The fourth-order valence-electron chi connectivity index (χ4n) is 2.46. The number of guanidine groups is 1. The summed E-state index contributed by atoms with van der Waals surface area (Å²) >= 11 is 0. The van der Waals surface area contributed by atoms with Crippen molar-refractivity contribution in [3.05, 3.63) is 39.9 Å². The summed E-state index contributed by atoms with van der Waals surface area (Å²) in [7, 11) is 0. The first-order chi connectivity index (χ1) is 11.0. The highest BCUT2D eigenvalue weighted by molar-refractivity contribution is 14.0. The number of nitro benzene ring substituents is 1. The first-order valence-electron chi connectivity index (χ1n) is 7.93. The molecule has 2 rings (SSSR count). The second kappa shape index (κ2) is 9.77. The summed E-state index contributed by atoms with van der Waals surface area (Å²) in [5.74, 6) is 0.824. The molecule has 1 aromatic rings. The zero-order valence-electron chi connectivity index (χ0n) is 14.0. The van der Waals surface area contributed by atoms with E-state index in [9.17, 15) is 15.2 Å². The van der Waals surface area contributed by atoms with Gasteiger partial charge in [-0.1, -0.05) is 12.1 Å². The molecule has 8 heteroatoms. The molecule has 134 valence electrons. The van der Waals surface area contributed by atoms with E-state index in [1.54, 1.807) is 12.1 Å². The standard InChI is InChI=1S/C16H24N4O3.HI/c1-12(2)18-16(19-9-7-15(21)8-10-19)17-11-13-3-5-14(6-4-13)20(22)23;/h3-6,12,15,21H,7-11H2,1-2H3,(H,17,18);1H. The van der Waals surface area contributed by atoms with Crippen molar-refractivity contribution in [2.45, 2.75) is 45.4 Å². The van der Waals surface area contributed by atoms with Gasteiger partial charge in [0.05, 0.1) is 17.6 Å². The molecule has 1 aliphatic rings. The van der Waals surface area contributed by atoms with Crippen LogP contribution < -0.4 is 5.32 Å². The SMILES string of the molecule is CC(C)NC(=NCc1ccc([N+](=O)[O-])cc1)N1CCC(O)CC1.I. The van der Waals surface area contributed by atoms with Crippen LogP contribution in [0.3, 0.4) is 0 Å². The van der Waals surface area contributed by atoms with Gasteiger partial charge in [0.25, 0.3) is 5.69 Å². The molecule has 0 spiro atoms. The summed E-state index contributed by atoms with van der Waals surface area (Å²) < 4.78 is 0. The fourth-order valence-corrected chi connectivity index (χ4v) is 2.46. The number of aliphatic hydroxyl groups excluding tert-OH is 1. The largest absolute Gasteiger partial charge is 0.393 e. The number of benzene rings is 1. The van der Waals surface area contributed by atoms with Crippen molar-refractivity contribution >= 4 is 35.6 Å². The van der Waals surface area contributed by atoms with Crippen LogP contribution in [-0.2, 0) is 6.54 Å². The molecule has 1 saturated heterocycles. The molecule has 0 atom stereocenters. The van der Waals surface area contributed by atoms with E-state index >= 15 is 0 Å². The quantitative estimate of drug-likeness (QED) is 0.243. The number of hydrogen-bond donors (Lipinski definition) is 2. The van der Waals surface area contributed by atoms with E-state index in [0.717, 1.165) is 37.5 Å². The first kappa shape index (κ1) is 20.6. The highest BCUT2D eigenvalue weighted by atomic mass is 127. The summed E-state index contributed by atoms with van der Waals surface area (Å²) in [5, 5.41) is 23.7. The van der Waals surface area contributed by atoms with Gasteiger partial charge in [-0.05, 0) is 32.3 Å². The predicted molar refractivity (Wildman–Crippen MR) is 105 cm³/mol. The Labute approximate surface area is 159 Å². The summed E-state index contributed by atoms with van der Waals surface area (Å²) in [4.78, 5) is 17.1. The molecule has 0 unspecified atom stereocenters. The molecule has 7 nitrogen and oxygen atoms in total. The van der Waals surface area contributed by atoms with E-state index in [-0.39, 0.29) is 41.8 Å². The number of hydrogen-bond acceptors (Lipinski definition) is 4. The van der Waals surface area contributed by atoms with Gasteiger partial charge in [-0.2, -0.15) is 0 Å². The number of nitro groups is 1. The van der Waals surface area contributed by atoms with Gasteiger partial charge < -0.3 is 15.3 Å². The van der Waals surface area contributed by atoms with Crippen LogP contribution in [0.15, 0.2) is 29.3 Å². The minimum Gasteiger partial charge on any atom is -0.393 e. The lowest BCUT2D eigenvalue weighted by atomic mass is 10.1. The van der Waals surface area contributed by atoms with Gasteiger partial charge in [-0.3, -0.25) is 10.1 Å². The average molecular weight is 448 g/mol. The number of aliphatic hydroxyl groups is 1. The maximum atomic E-state index is 10.7. The van der Waals surface area contributed by atoms with E-state index in [1.165, 1.54) is 12.1 Å². The molecule has 0 radical (unpaired) electrons. The summed E-state index contributed by atoms with van der Waals surface area (Å²) in [5.41, 5.74) is 1.01. The van der Waals surface area contributed by atoms with Gasteiger partial charge in [-0.25, -0.2) is 4.99 Å². The Hall–Kier alpha value is -1.42. The number of nitrogens with zero attached hydrogens (tertiary/aromatic N) is 3. The third-order valence-corrected chi connectivity index (χ3v) is 3.74. The second-order valence-electron chi connectivity index (χ2n) is 6.08. The van der Waals surface area contributed by atoms with Crippen molar-refractivity contribution in [3.63, 3.8) is 0 Å². The number of halogens is 1. The summed E-state index contributed by atoms with van der Waals surface area (Å²) in [6, 6.07) is 6.72. The maximum Gasteiger partial charge on any atom is 0.269 e.